The summed E-state index contributed by atoms with van der Waals surface area (Å²) in [7, 11) is 0. The number of hydrogen-bond donors (Lipinski definition) is 1. The summed E-state index contributed by atoms with van der Waals surface area (Å²) < 4.78 is 1.84. The van der Waals surface area contributed by atoms with Crippen LogP contribution in [0.2, 0.25) is 0 Å². The number of nitrogens with zero attached hydrogens (tertiary/aromatic N) is 2. The fourth-order valence-electron chi connectivity index (χ4n) is 2.78. The van der Waals surface area contributed by atoms with Gasteiger partial charge in [0.15, 0.2) is 0 Å². The van der Waals surface area contributed by atoms with Gasteiger partial charge in [-0.15, -0.1) is 0 Å². The second kappa shape index (κ2) is 5.35. The van der Waals surface area contributed by atoms with Gasteiger partial charge in [0, 0.05) is 6.04 Å². The molecule has 2 aromatic rings. The third-order valence-corrected chi connectivity index (χ3v) is 4.21. The summed E-state index contributed by atoms with van der Waals surface area (Å²) in [5.74, 6) is 0.644. The molecule has 1 N–H and O–H groups in total. The first kappa shape index (κ1) is 13.9. The Balaban J connectivity index is 1.89. The van der Waals surface area contributed by atoms with Gasteiger partial charge >= 0.3 is 0 Å². The maximum atomic E-state index is 12.5. The highest BCUT2D eigenvalue weighted by atomic mass is 16.1. The largest absolute Gasteiger partial charge is 0.349 e. The minimum atomic E-state index is -0.00780. The topological polar surface area (TPSA) is 46.9 Å². The van der Waals surface area contributed by atoms with Crippen LogP contribution in [-0.2, 0) is 0 Å². The van der Waals surface area contributed by atoms with Gasteiger partial charge in [-0.1, -0.05) is 18.2 Å². The van der Waals surface area contributed by atoms with Gasteiger partial charge in [-0.25, -0.2) is 4.68 Å². The Bertz CT molecular complexity index is 656. The van der Waals surface area contributed by atoms with E-state index in [0.717, 1.165) is 17.1 Å². The number of carbonyl (C=O) groups excluding carboxylic acids is 1. The number of carbonyl (C=O) groups is 1. The number of benzene rings is 1. The predicted molar refractivity (Wildman–Crippen MR) is 82.7 cm³/mol. The Morgan fingerprint density at radius 1 is 1.29 bits per heavy atom. The minimum absolute atomic E-state index is 0.00780. The lowest BCUT2D eigenvalue weighted by Gasteiger charge is -2.13. The average Bonchev–Trinajstić information content (AvgIpc) is 3.26. The van der Waals surface area contributed by atoms with Crippen molar-refractivity contribution < 1.29 is 4.79 Å². The van der Waals surface area contributed by atoms with Crippen molar-refractivity contribution in [1.82, 2.24) is 15.1 Å². The molecular formula is C17H21N3O. The van der Waals surface area contributed by atoms with Crippen molar-refractivity contribution in [3.05, 3.63) is 47.3 Å². The van der Waals surface area contributed by atoms with Crippen molar-refractivity contribution in [2.75, 3.05) is 0 Å². The van der Waals surface area contributed by atoms with E-state index in [1.807, 2.05) is 48.9 Å². The molecule has 3 rings (SSSR count). The molecule has 1 atom stereocenters. The van der Waals surface area contributed by atoms with Gasteiger partial charge in [0.2, 0.25) is 0 Å². The zero-order chi connectivity index (χ0) is 15.0. The van der Waals surface area contributed by atoms with E-state index in [-0.39, 0.29) is 11.9 Å². The maximum absolute atomic E-state index is 12.5. The molecule has 1 saturated carbocycles. The molecule has 0 bridgehead atoms. The molecule has 0 radical (unpaired) electrons. The molecule has 1 aromatic carbocycles. The van der Waals surface area contributed by atoms with Crippen molar-refractivity contribution in [3.8, 4) is 5.69 Å². The molecule has 1 heterocycles. The Kier molecular flexibility index (Phi) is 3.53. The van der Waals surface area contributed by atoms with E-state index in [4.69, 9.17) is 0 Å². The molecule has 4 nitrogen and oxygen atoms in total. The Morgan fingerprint density at radius 3 is 2.57 bits per heavy atom. The predicted octanol–water partition coefficient (Wildman–Crippen LogP) is 3.02. The smallest absolute Gasteiger partial charge is 0.255 e. The average molecular weight is 283 g/mol. The first-order valence-electron chi connectivity index (χ1n) is 7.50. The molecule has 1 aliphatic rings. The van der Waals surface area contributed by atoms with Crippen LogP contribution >= 0.6 is 0 Å². The first-order chi connectivity index (χ1) is 10.1. The van der Waals surface area contributed by atoms with Gasteiger partial charge in [0.1, 0.15) is 0 Å². The summed E-state index contributed by atoms with van der Waals surface area (Å²) in [6, 6.07) is 10.2. The SMILES string of the molecule is Cc1nn(-c2ccccc2)c(C)c1C(=O)NC(C)C1CC1. The van der Waals surface area contributed by atoms with Crippen LogP contribution in [0.5, 0.6) is 0 Å². The van der Waals surface area contributed by atoms with Gasteiger partial charge < -0.3 is 5.32 Å². The van der Waals surface area contributed by atoms with Crippen LogP contribution in [0.25, 0.3) is 5.69 Å². The van der Waals surface area contributed by atoms with Gasteiger partial charge in [-0.3, -0.25) is 4.79 Å². The van der Waals surface area contributed by atoms with E-state index < -0.39 is 0 Å². The van der Waals surface area contributed by atoms with Gasteiger partial charge in [0.25, 0.3) is 5.91 Å². The molecule has 1 aliphatic carbocycles. The second-order valence-electron chi connectivity index (χ2n) is 5.89. The van der Waals surface area contributed by atoms with Crippen LogP contribution in [0.15, 0.2) is 30.3 Å². The first-order valence-corrected chi connectivity index (χ1v) is 7.50. The zero-order valence-electron chi connectivity index (χ0n) is 12.8. The normalized spacial score (nSPS) is 15.8. The lowest BCUT2D eigenvalue weighted by molar-refractivity contribution is 0.0934. The summed E-state index contributed by atoms with van der Waals surface area (Å²) in [6.45, 7) is 5.93. The van der Waals surface area contributed by atoms with E-state index in [1.165, 1.54) is 12.8 Å². The number of aromatic nitrogens is 2. The lowest BCUT2D eigenvalue weighted by Crippen LogP contribution is -2.34. The monoisotopic (exact) mass is 283 g/mol. The number of aryl methyl sites for hydroxylation is 1. The van der Waals surface area contributed by atoms with Gasteiger partial charge in [-0.05, 0) is 51.7 Å². The Labute approximate surface area is 125 Å². The molecule has 0 spiro atoms. The Hall–Kier alpha value is -2.10. The van der Waals surface area contributed by atoms with Crippen molar-refractivity contribution in [3.63, 3.8) is 0 Å². The number of nitrogens with one attached hydrogen (secondary N) is 1. The van der Waals surface area contributed by atoms with E-state index in [1.54, 1.807) is 0 Å². The van der Waals surface area contributed by atoms with Crippen molar-refractivity contribution >= 4 is 5.91 Å². The van der Waals surface area contributed by atoms with Crippen molar-refractivity contribution in [2.45, 2.75) is 39.7 Å². The fraction of sp³-hybridized carbons (Fsp3) is 0.412. The molecule has 110 valence electrons. The summed E-state index contributed by atoms with van der Waals surface area (Å²) >= 11 is 0. The summed E-state index contributed by atoms with van der Waals surface area (Å²) in [6.07, 6.45) is 2.45. The highest BCUT2D eigenvalue weighted by molar-refractivity contribution is 5.96. The van der Waals surface area contributed by atoms with Crippen LogP contribution in [0, 0.1) is 19.8 Å². The number of hydrogen-bond acceptors (Lipinski definition) is 2. The summed E-state index contributed by atoms with van der Waals surface area (Å²) in [4.78, 5) is 12.5. The molecule has 21 heavy (non-hydrogen) atoms. The van der Waals surface area contributed by atoms with Crippen molar-refractivity contribution in [2.24, 2.45) is 5.92 Å². The molecule has 1 unspecified atom stereocenters. The van der Waals surface area contributed by atoms with Crippen LogP contribution in [0.3, 0.4) is 0 Å². The molecule has 4 heteroatoms. The fourth-order valence-corrected chi connectivity index (χ4v) is 2.78. The standard InChI is InChI=1S/C17H21N3O/c1-11(14-9-10-14)18-17(21)16-12(2)19-20(13(16)3)15-7-5-4-6-8-15/h4-8,11,14H,9-10H2,1-3H3,(H,18,21). The summed E-state index contributed by atoms with van der Waals surface area (Å²) in [5, 5.41) is 7.64. The second-order valence-corrected chi connectivity index (χ2v) is 5.89. The Morgan fingerprint density at radius 2 is 1.95 bits per heavy atom. The lowest BCUT2D eigenvalue weighted by atomic mass is 10.1. The van der Waals surface area contributed by atoms with E-state index >= 15 is 0 Å². The number of para-hydroxylation sites is 1. The quantitative estimate of drug-likeness (QED) is 0.937. The van der Waals surface area contributed by atoms with Crippen molar-refractivity contribution in [1.29, 1.82) is 0 Å². The van der Waals surface area contributed by atoms with Gasteiger partial charge in [0.05, 0.1) is 22.6 Å². The van der Waals surface area contributed by atoms with Gasteiger partial charge in [-0.2, -0.15) is 5.10 Å². The van der Waals surface area contributed by atoms with E-state index in [2.05, 4.69) is 17.3 Å². The molecule has 1 aromatic heterocycles. The molecule has 0 aliphatic heterocycles. The van der Waals surface area contributed by atoms with Crippen LogP contribution < -0.4 is 5.32 Å². The minimum Gasteiger partial charge on any atom is -0.349 e. The highest BCUT2D eigenvalue weighted by Gasteiger charge is 2.30. The maximum Gasteiger partial charge on any atom is 0.255 e. The van der Waals surface area contributed by atoms with E-state index in [0.29, 0.717) is 11.5 Å². The highest BCUT2D eigenvalue weighted by Crippen LogP contribution is 2.32. The number of rotatable bonds is 4. The van der Waals surface area contributed by atoms with E-state index in [9.17, 15) is 4.79 Å². The molecule has 1 amide bonds. The molecule has 0 saturated heterocycles. The zero-order valence-corrected chi connectivity index (χ0v) is 12.8. The van der Waals surface area contributed by atoms with Crippen LogP contribution in [0.1, 0.15) is 41.5 Å². The third kappa shape index (κ3) is 2.71. The number of amides is 1. The third-order valence-electron chi connectivity index (χ3n) is 4.21. The van der Waals surface area contributed by atoms with Crippen LogP contribution in [-0.4, -0.2) is 21.7 Å². The summed E-state index contributed by atoms with van der Waals surface area (Å²) in [5.41, 5.74) is 3.34. The molecule has 1 fully saturated rings. The molecular weight excluding hydrogens is 262 g/mol. The van der Waals surface area contributed by atoms with Crippen LogP contribution in [0.4, 0.5) is 0 Å².